The van der Waals surface area contributed by atoms with E-state index < -0.39 is 12.1 Å². The lowest BCUT2D eigenvalue weighted by Crippen LogP contribution is -2.52. The molecule has 1 aliphatic carbocycles. The number of amides is 2. The second-order valence-electron chi connectivity index (χ2n) is 6.08. The Hall–Kier alpha value is -2.28. The number of hydrogen-bond donors (Lipinski definition) is 2. The Bertz CT molecular complexity index is 629. The molecule has 7 heteroatoms. The van der Waals surface area contributed by atoms with Crippen LogP contribution in [0.1, 0.15) is 24.4 Å². The van der Waals surface area contributed by atoms with Gasteiger partial charge in [0.1, 0.15) is 6.61 Å². The van der Waals surface area contributed by atoms with Gasteiger partial charge in [0.15, 0.2) is 17.6 Å². The second kappa shape index (κ2) is 7.09. The number of methoxy groups -OCH3 is 2. The normalized spacial score (nSPS) is 23.3. The maximum atomic E-state index is 12.5. The van der Waals surface area contributed by atoms with Crippen molar-refractivity contribution in [1.82, 2.24) is 10.6 Å². The van der Waals surface area contributed by atoms with Crippen LogP contribution in [0.4, 0.5) is 0 Å². The molecule has 7 nitrogen and oxygen atoms in total. The fourth-order valence-electron chi connectivity index (χ4n) is 2.75. The minimum absolute atomic E-state index is 0.120. The Kier molecular flexibility index (Phi) is 4.89. The lowest BCUT2D eigenvalue weighted by molar-refractivity contribution is -0.148. The fourth-order valence-corrected chi connectivity index (χ4v) is 2.75. The van der Waals surface area contributed by atoms with Crippen molar-refractivity contribution < 1.29 is 23.8 Å². The molecule has 2 N–H and O–H groups in total. The van der Waals surface area contributed by atoms with Crippen LogP contribution in [-0.2, 0) is 14.3 Å². The molecule has 24 heavy (non-hydrogen) atoms. The highest BCUT2D eigenvalue weighted by molar-refractivity contribution is 5.86. The molecule has 1 aromatic rings. The quantitative estimate of drug-likeness (QED) is 0.803. The van der Waals surface area contributed by atoms with Crippen LogP contribution in [-0.4, -0.2) is 45.3 Å². The van der Waals surface area contributed by atoms with Crippen LogP contribution in [0.2, 0.25) is 0 Å². The van der Waals surface area contributed by atoms with Gasteiger partial charge in [-0.2, -0.15) is 0 Å². The summed E-state index contributed by atoms with van der Waals surface area (Å²) >= 11 is 0. The molecule has 1 saturated carbocycles. The van der Waals surface area contributed by atoms with Crippen LogP contribution in [0.15, 0.2) is 18.2 Å². The topological polar surface area (TPSA) is 85.9 Å². The van der Waals surface area contributed by atoms with Gasteiger partial charge in [0, 0.05) is 6.54 Å². The van der Waals surface area contributed by atoms with Gasteiger partial charge >= 0.3 is 0 Å². The predicted octanol–water partition coefficient (Wildman–Crippen LogP) is 0.786. The van der Waals surface area contributed by atoms with Crippen LogP contribution in [0, 0.1) is 5.92 Å². The highest BCUT2D eigenvalue weighted by Crippen LogP contribution is 2.33. The molecule has 2 amide bonds. The highest BCUT2D eigenvalue weighted by Gasteiger charge is 2.37. The molecule has 0 radical (unpaired) electrons. The van der Waals surface area contributed by atoms with Gasteiger partial charge in [-0.05, 0) is 36.5 Å². The third-order valence-electron chi connectivity index (χ3n) is 4.30. The molecule has 2 atom stereocenters. The molecule has 1 saturated heterocycles. The van der Waals surface area contributed by atoms with Gasteiger partial charge in [0.2, 0.25) is 5.91 Å². The Morgan fingerprint density at radius 1 is 1.29 bits per heavy atom. The average Bonchev–Trinajstić information content (AvgIpc) is 3.43. The van der Waals surface area contributed by atoms with Crippen molar-refractivity contribution >= 4 is 11.8 Å². The number of ether oxygens (including phenoxy) is 3. The number of rotatable bonds is 6. The summed E-state index contributed by atoms with van der Waals surface area (Å²) in [6.45, 7) is 0.538. The SMILES string of the molecule is COc1ccc([C@H]2NC(=O)CO[C@@H]2C(=O)NCC2CC2)cc1OC. The summed E-state index contributed by atoms with van der Waals surface area (Å²) in [5.74, 6) is 1.24. The van der Waals surface area contributed by atoms with E-state index in [1.807, 2.05) is 0 Å². The summed E-state index contributed by atoms with van der Waals surface area (Å²) < 4.78 is 16.0. The van der Waals surface area contributed by atoms with Gasteiger partial charge in [-0.3, -0.25) is 9.59 Å². The largest absolute Gasteiger partial charge is 0.493 e. The van der Waals surface area contributed by atoms with Crippen molar-refractivity contribution in [1.29, 1.82) is 0 Å². The lowest BCUT2D eigenvalue weighted by Gasteiger charge is -2.32. The van der Waals surface area contributed by atoms with Gasteiger partial charge in [-0.1, -0.05) is 6.07 Å². The van der Waals surface area contributed by atoms with Crippen molar-refractivity contribution in [2.75, 3.05) is 27.4 Å². The van der Waals surface area contributed by atoms with Crippen LogP contribution < -0.4 is 20.1 Å². The molecule has 0 aromatic heterocycles. The van der Waals surface area contributed by atoms with E-state index in [1.165, 1.54) is 7.11 Å². The molecule has 1 heterocycles. The number of carbonyl (C=O) groups excluding carboxylic acids is 2. The third-order valence-corrected chi connectivity index (χ3v) is 4.30. The van der Waals surface area contributed by atoms with E-state index in [2.05, 4.69) is 10.6 Å². The van der Waals surface area contributed by atoms with E-state index in [0.717, 1.165) is 18.4 Å². The summed E-state index contributed by atoms with van der Waals surface area (Å²) in [4.78, 5) is 24.2. The molecular formula is C17H22N2O5. The van der Waals surface area contributed by atoms with Crippen LogP contribution in [0.25, 0.3) is 0 Å². The number of hydrogen-bond acceptors (Lipinski definition) is 5. The Morgan fingerprint density at radius 3 is 2.71 bits per heavy atom. The first-order valence-corrected chi connectivity index (χ1v) is 8.03. The van der Waals surface area contributed by atoms with Crippen molar-refractivity contribution in [3.63, 3.8) is 0 Å². The molecule has 3 rings (SSSR count). The molecule has 0 spiro atoms. The lowest BCUT2D eigenvalue weighted by atomic mass is 9.98. The standard InChI is InChI=1S/C17H22N2O5/c1-22-12-6-5-11(7-13(12)23-2)15-16(24-9-14(20)19-15)17(21)18-8-10-3-4-10/h5-7,10,15-16H,3-4,8-9H2,1-2H3,(H,18,21)(H,19,20)/t15-,16+/m1/s1. The molecule has 2 aliphatic rings. The zero-order chi connectivity index (χ0) is 17.1. The van der Waals surface area contributed by atoms with Crippen LogP contribution in [0.5, 0.6) is 11.5 Å². The highest BCUT2D eigenvalue weighted by atomic mass is 16.5. The minimum Gasteiger partial charge on any atom is -0.493 e. The average molecular weight is 334 g/mol. The number of nitrogens with one attached hydrogen (secondary N) is 2. The first-order chi connectivity index (χ1) is 11.6. The van der Waals surface area contributed by atoms with Gasteiger partial charge in [-0.25, -0.2) is 0 Å². The smallest absolute Gasteiger partial charge is 0.251 e. The summed E-state index contributed by atoms with van der Waals surface area (Å²) in [7, 11) is 3.09. The van der Waals surface area contributed by atoms with E-state index >= 15 is 0 Å². The first kappa shape index (κ1) is 16.6. The maximum Gasteiger partial charge on any atom is 0.251 e. The van der Waals surface area contributed by atoms with Crippen LogP contribution in [0.3, 0.4) is 0 Å². The molecule has 0 unspecified atom stereocenters. The Labute approximate surface area is 140 Å². The number of morpholine rings is 1. The van der Waals surface area contributed by atoms with Crippen molar-refractivity contribution in [3.8, 4) is 11.5 Å². The van der Waals surface area contributed by atoms with Gasteiger partial charge in [0.05, 0.1) is 20.3 Å². The molecule has 1 aliphatic heterocycles. The minimum atomic E-state index is -0.764. The molecule has 130 valence electrons. The zero-order valence-corrected chi connectivity index (χ0v) is 13.8. The van der Waals surface area contributed by atoms with Crippen molar-refractivity contribution in [2.45, 2.75) is 25.0 Å². The third kappa shape index (κ3) is 3.62. The van der Waals surface area contributed by atoms with Gasteiger partial charge < -0.3 is 24.8 Å². The molecular weight excluding hydrogens is 312 g/mol. The molecule has 2 fully saturated rings. The van der Waals surface area contributed by atoms with Crippen LogP contribution >= 0.6 is 0 Å². The summed E-state index contributed by atoms with van der Waals surface area (Å²) in [5.41, 5.74) is 0.729. The maximum absolute atomic E-state index is 12.5. The van der Waals surface area contributed by atoms with E-state index in [1.54, 1.807) is 25.3 Å². The number of carbonyl (C=O) groups is 2. The van der Waals surface area contributed by atoms with Crippen molar-refractivity contribution in [2.24, 2.45) is 5.92 Å². The molecule has 0 bridgehead atoms. The van der Waals surface area contributed by atoms with E-state index in [4.69, 9.17) is 14.2 Å². The van der Waals surface area contributed by atoms with E-state index in [0.29, 0.717) is 24.0 Å². The fraction of sp³-hybridized carbons (Fsp3) is 0.529. The van der Waals surface area contributed by atoms with E-state index in [9.17, 15) is 9.59 Å². The summed E-state index contributed by atoms with van der Waals surface area (Å²) in [6, 6.07) is 4.72. The summed E-state index contributed by atoms with van der Waals surface area (Å²) in [5, 5.41) is 5.74. The Balaban J connectivity index is 1.80. The van der Waals surface area contributed by atoms with Gasteiger partial charge in [-0.15, -0.1) is 0 Å². The van der Waals surface area contributed by atoms with E-state index in [-0.39, 0.29) is 18.4 Å². The number of benzene rings is 1. The summed E-state index contributed by atoms with van der Waals surface area (Å²) in [6.07, 6.45) is 1.54. The second-order valence-corrected chi connectivity index (χ2v) is 6.08. The first-order valence-electron chi connectivity index (χ1n) is 8.03. The zero-order valence-electron chi connectivity index (χ0n) is 13.8. The predicted molar refractivity (Wildman–Crippen MR) is 85.9 cm³/mol. The Morgan fingerprint density at radius 2 is 2.04 bits per heavy atom. The van der Waals surface area contributed by atoms with Gasteiger partial charge in [0.25, 0.3) is 5.91 Å². The molecule has 1 aromatic carbocycles. The van der Waals surface area contributed by atoms with Crippen molar-refractivity contribution in [3.05, 3.63) is 23.8 Å². The monoisotopic (exact) mass is 334 g/mol.